The molecule has 4 N–H and O–H groups in total. The fourth-order valence-corrected chi connectivity index (χ4v) is 3.95. The van der Waals surface area contributed by atoms with Crippen LogP contribution in [0.25, 0.3) is 0 Å². The third kappa shape index (κ3) is 5.65. The number of rotatable bonds is 5. The van der Waals surface area contributed by atoms with Crippen LogP contribution in [0.4, 0.5) is 36.7 Å². The average Bonchev–Trinajstić information content (AvgIpc) is 2.75. The molecule has 2 heterocycles. The molecular weight excluding hydrogens is 432 g/mol. The molecule has 33 heavy (non-hydrogen) atoms. The van der Waals surface area contributed by atoms with E-state index in [1.54, 1.807) is 24.1 Å². The van der Waals surface area contributed by atoms with Crippen molar-refractivity contribution < 1.29 is 18.4 Å². The zero-order valence-electron chi connectivity index (χ0n) is 18.5. The van der Waals surface area contributed by atoms with Crippen LogP contribution in [0.2, 0.25) is 0 Å². The highest BCUT2D eigenvalue weighted by Crippen LogP contribution is 2.33. The molecule has 9 nitrogen and oxygen atoms in total. The lowest BCUT2D eigenvalue weighted by molar-refractivity contribution is -0.115. The molecule has 2 aliphatic rings. The van der Waals surface area contributed by atoms with Crippen molar-refractivity contribution in [3.8, 4) is 0 Å². The summed E-state index contributed by atoms with van der Waals surface area (Å²) < 4.78 is 26.5. The lowest BCUT2D eigenvalue weighted by atomic mass is 9.92. The molecule has 0 atom stereocenters. The minimum Gasteiger partial charge on any atom is -0.350 e. The molecule has 1 aliphatic carbocycles. The van der Waals surface area contributed by atoms with Crippen molar-refractivity contribution in [2.24, 2.45) is 0 Å². The van der Waals surface area contributed by atoms with Gasteiger partial charge >= 0.3 is 6.03 Å². The molecule has 1 aliphatic heterocycles. The number of hydrogen-bond donors (Lipinski definition) is 4. The molecular formula is C22H27F2N7O2. The second kappa shape index (κ2) is 9.16. The second-order valence-electron chi connectivity index (χ2n) is 8.51. The van der Waals surface area contributed by atoms with Gasteiger partial charge in [0, 0.05) is 38.2 Å². The monoisotopic (exact) mass is 459 g/mol. The average molecular weight is 460 g/mol. The highest BCUT2D eigenvalue weighted by molar-refractivity contribution is 6.00. The Morgan fingerprint density at radius 2 is 1.91 bits per heavy atom. The van der Waals surface area contributed by atoms with E-state index in [2.05, 4.69) is 31.2 Å². The lowest BCUT2D eigenvalue weighted by Gasteiger charge is -2.28. The Labute approximate surface area is 190 Å². The van der Waals surface area contributed by atoms with Crippen LogP contribution in [0.5, 0.6) is 0 Å². The van der Waals surface area contributed by atoms with E-state index in [9.17, 15) is 18.4 Å². The Balaban J connectivity index is 1.29. The van der Waals surface area contributed by atoms with Gasteiger partial charge in [0.1, 0.15) is 5.69 Å². The van der Waals surface area contributed by atoms with E-state index in [0.29, 0.717) is 35.4 Å². The quantitative estimate of drug-likeness (QED) is 0.545. The van der Waals surface area contributed by atoms with Crippen molar-refractivity contribution in [1.29, 1.82) is 0 Å². The molecule has 0 radical (unpaired) electrons. The number of alkyl halides is 2. The standard InChI is InChI=1S/C22H27F2N7O2/c1-13-18-19(31(2)12-17(32)29-18)30-20(26-13)25-11-14-3-5-15(6-4-14)27-21(33)28-16-7-9-22(23,24)10-8-16/h3-6,16H,7-12H2,1-2H3,(H,29,32)(H,25,26,30)(H2,27,28,33). The first-order valence-corrected chi connectivity index (χ1v) is 10.9. The van der Waals surface area contributed by atoms with Crippen molar-refractivity contribution in [3.63, 3.8) is 0 Å². The van der Waals surface area contributed by atoms with Gasteiger partial charge in [0.05, 0.1) is 12.2 Å². The predicted molar refractivity (Wildman–Crippen MR) is 122 cm³/mol. The highest BCUT2D eigenvalue weighted by atomic mass is 19.3. The molecule has 0 bridgehead atoms. The van der Waals surface area contributed by atoms with Crippen LogP contribution in [0.1, 0.15) is 36.9 Å². The van der Waals surface area contributed by atoms with Gasteiger partial charge in [-0.1, -0.05) is 12.1 Å². The minimum atomic E-state index is -2.62. The van der Waals surface area contributed by atoms with Gasteiger partial charge in [-0.3, -0.25) is 4.79 Å². The summed E-state index contributed by atoms with van der Waals surface area (Å²) in [5.41, 5.74) is 2.86. The van der Waals surface area contributed by atoms with E-state index < -0.39 is 12.0 Å². The van der Waals surface area contributed by atoms with Gasteiger partial charge in [-0.2, -0.15) is 4.98 Å². The zero-order valence-corrected chi connectivity index (χ0v) is 18.5. The molecule has 11 heteroatoms. The first kappa shape index (κ1) is 22.7. The highest BCUT2D eigenvalue weighted by Gasteiger charge is 2.35. The number of amides is 3. The predicted octanol–water partition coefficient (Wildman–Crippen LogP) is 3.48. The van der Waals surface area contributed by atoms with Crippen LogP contribution in [-0.2, 0) is 11.3 Å². The minimum absolute atomic E-state index is 0.0971. The third-order valence-electron chi connectivity index (χ3n) is 5.79. The molecule has 1 saturated carbocycles. The van der Waals surface area contributed by atoms with Gasteiger partial charge < -0.3 is 26.2 Å². The number of urea groups is 1. The maximum Gasteiger partial charge on any atom is 0.319 e. The lowest BCUT2D eigenvalue weighted by Crippen LogP contribution is -2.42. The Bertz CT molecular complexity index is 1040. The topological polar surface area (TPSA) is 111 Å². The number of nitrogens with one attached hydrogen (secondary N) is 4. The normalized spacial score (nSPS) is 17.7. The Kier molecular flexibility index (Phi) is 6.30. The largest absolute Gasteiger partial charge is 0.350 e. The van der Waals surface area contributed by atoms with E-state index in [4.69, 9.17) is 0 Å². The van der Waals surface area contributed by atoms with Gasteiger partial charge in [0.15, 0.2) is 5.82 Å². The molecule has 1 fully saturated rings. The molecule has 2 aromatic rings. The van der Waals surface area contributed by atoms with Crippen molar-refractivity contribution in [1.82, 2.24) is 15.3 Å². The summed E-state index contributed by atoms with van der Waals surface area (Å²) in [6.45, 7) is 2.52. The molecule has 4 rings (SSSR count). The zero-order chi connectivity index (χ0) is 23.6. The van der Waals surface area contributed by atoms with Crippen molar-refractivity contribution in [2.45, 2.75) is 51.1 Å². The van der Waals surface area contributed by atoms with Gasteiger partial charge in [-0.05, 0) is 37.5 Å². The summed E-state index contributed by atoms with van der Waals surface area (Å²) >= 11 is 0. The Morgan fingerprint density at radius 1 is 1.21 bits per heavy atom. The molecule has 176 valence electrons. The summed E-state index contributed by atoms with van der Waals surface area (Å²) in [5.74, 6) is -1.60. The van der Waals surface area contributed by atoms with Crippen molar-refractivity contribution in [3.05, 3.63) is 35.5 Å². The number of halogens is 2. The van der Waals surface area contributed by atoms with Crippen LogP contribution in [0.15, 0.2) is 24.3 Å². The molecule has 1 aromatic carbocycles. The van der Waals surface area contributed by atoms with Gasteiger partial charge in [0.2, 0.25) is 17.8 Å². The van der Waals surface area contributed by atoms with Gasteiger partial charge in [0.25, 0.3) is 0 Å². The van der Waals surface area contributed by atoms with Gasteiger partial charge in [-0.25, -0.2) is 18.6 Å². The number of carbonyl (C=O) groups excluding carboxylic acids is 2. The molecule has 3 amide bonds. The number of anilines is 4. The van der Waals surface area contributed by atoms with Crippen LogP contribution in [0.3, 0.4) is 0 Å². The number of aryl methyl sites for hydroxylation is 1. The van der Waals surface area contributed by atoms with Gasteiger partial charge in [-0.15, -0.1) is 0 Å². The summed E-state index contributed by atoms with van der Waals surface area (Å²) in [4.78, 5) is 34.6. The Hall–Kier alpha value is -3.50. The van der Waals surface area contributed by atoms with Crippen molar-refractivity contribution >= 4 is 35.1 Å². The molecule has 0 spiro atoms. The summed E-state index contributed by atoms with van der Waals surface area (Å²) in [6, 6.07) is 6.63. The second-order valence-corrected chi connectivity index (χ2v) is 8.51. The fraction of sp³-hybridized carbons (Fsp3) is 0.455. The number of hydrogen-bond acceptors (Lipinski definition) is 6. The van der Waals surface area contributed by atoms with E-state index in [1.807, 2.05) is 19.1 Å². The molecule has 0 unspecified atom stereocenters. The fourth-order valence-electron chi connectivity index (χ4n) is 3.95. The van der Waals surface area contributed by atoms with E-state index in [1.165, 1.54) is 0 Å². The SMILES string of the molecule is Cc1nc(NCc2ccc(NC(=O)NC3CCC(F)(F)CC3)cc2)nc2c1NC(=O)CN2C. The number of carbonyl (C=O) groups is 2. The Morgan fingerprint density at radius 3 is 2.61 bits per heavy atom. The van der Waals surface area contributed by atoms with E-state index in [-0.39, 0.29) is 44.2 Å². The van der Waals surface area contributed by atoms with Crippen LogP contribution in [-0.4, -0.2) is 47.5 Å². The number of aromatic nitrogens is 2. The first-order chi connectivity index (χ1) is 15.7. The summed E-state index contributed by atoms with van der Waals surface area (Å²) in [5, 5.41) is 11.5. The first-order valence-electron chi connectivity index (χ1n) is 10.9. The maximum atomic E-state index is 13.2. The van der Waals surface area contributed by atoms with Crippen LogP contribution >= 0.6 is 0 Å². The molecule has 1 aromatic heterocycles. The number of fused-ring (bicyclic) bond motifs is 1. The summed E-state index contributed by atoms with van der Waals surface area (Å²) in [7, 11) is 1.80. The number of nitrogens with zero attached hydrogens (tertiary/aromatic N) is 3. The molecule has 0 saturated heterocycles. The smallest absolute Gasteiger partial charge is 0.319 e. The number of likely N-dealkylation sites (N-methyl/N-ethyl adjacent to an activating group) is 1. The third-order valence-corrected chi connectivity index (χ3v) is 5.79. The van der Waals surface area contributed by atoms with Crippen molar-refractivity contribution in [2.75, 3.05) is 34.4 Å². The van der Waals surface area contributed by atoms with E-state index >= 15 is 0 Å². The van der Waals surface area contributed by atoms with E-state index in [0.717, 1.165) is 5.56 Å². The maximum absolute atomic E-state index is 13.2. The van der Waals surface area contributed by atoms with Crippen LogP contribution < -0.4 is 26.2 Å². The summed E-state index contributed by atoms with van der Waals surface area (Å²) in [6.07, 6.45) is 0.158. The number of benzene rings is 1. The van der Waals surface area contributed by atoms with Crippen LogP contribution in [0, 0.1) is 6.92 Å².